The van der Waals surface area contributed by atoms with Gasteiger partial charge in [-0.25, -0.2) is 4.39 Å². The maximum Gasteiger partial charge on any atom is 0.263 e. The van der Waals surface area contributed by atoms with Crippen molar-refractivity contribution in [1.29, 1.82) is 0 Å². The number of carbonyl (C=O) groups is 1. The zero-order valence-corrected chi connectivity index (χ0v) is 22.2. The molecule has 204 valence electrons. The molecule has 2 aromatic heterocycles. The molecule has 0 atom stereocenters. The molecule has 1 amide bonds. The molecule has 0 unspecified atom stereocenters. The van der Waals surface area contributed by atoms with E-state index in [9.17, 15) is 14.0 Å². The number of piperazine rings is 1. The quantitative estimate of drug-likeness (QED) is 0.314. The van der Waals surface area contributed by atoms with Gasteiger partial charge < -0.3 is 14.5 Å². The number of halogens is 1. The van der Waals surface area contributed by atoms with E-state index in [1.807, 2.05) is 45.7 Å². The van der Waals surface area contributed by atoms with E-state index in [-0.39, 0.29) is 30.2 Å². The van der Waals surface area contributed by atoms with Crippen LogP contribution in [0.25, 0.3) is 16.7 Å². The average molecular weight is 541 g/mol. The molecule has 9 nitrogen and oxygen atoms in total. The number of para-hydroxylation sites is 1. The van der Waals surface area contributed by atoms with Crippen molar-refractivity contribution in [3.63, 3.8) is 0 Å². The number of amides is 1. The summed E-state index contributed by atoms with van der Waals surface area (Å²) in [5, 5.41) is 9.27. The molecule has 5 aromatic rings. The summed E-state index contributed by atoms with van der Waals surface area (Å²) >= 11 is 0. The molecule has 1 saturated heterocycles. The fourth-order valence-corrected chi connectivity index (χ4v) is 5.29. The third kappa shape index (κ3) is 4.88. The second-order valence-corrected chi connectivity index (χ2v) is 9.86. The number of methoxy groups -OCH3 is 1. The number of ether oxygens (including phenoxy) is 1. The summed E-state index contributed by atoms with van der Waals surface area (Å²) in [5.74, 6) is 1.54. The van der Waals surface area contributed by atoms with E-state index in [1.54, 1.807) is 29.9 Å². The van der Waals surface area contributed by atoms with Crippen molar-refractivity contribution in [2.45, 2.75) is 19.4 Å². The standard InChI is InChI=1S/C30H29FN6O3/c1-40-24-6-4-5-23(19-24)34-15-17-35(18-16-34)28(38)14-13-27-32-33-30-36(20-21-9-11-22(31)12-10-21)29(39)25-7-2-3-8-26(25)37(27)30/h2-12,19H,13-18,20H2,1H3. The Morgan fingerprint density at radius 1 is 0.950 bits per heavy atom. The van der Waals surface area contributed by atoms with Crippen LogP contribution in [0.1, 0.15) is 17.8 Å². The second kappa shape index (κ2) is 10.8. The number of aromatic nitrogens is 4. The highest BCUT2D eigenvalue weighted by atomic mass is 19.1. The highest BCUT2D eigenvalue weighted by Crippen LogP contribution is 2.23. The highest BCUT2D eigenvalue weighted by molar-refractivity contribution is 5.81. The van der Waals surface area contributed by atoms with E-state index in [0.29, 0.717) is 42.0 Å². The number of hydrogen-bond donors (Lipinski definition) is 0. The Labute approximate surface area is 230 Å². The van der Waals surface area contributed by atoms with Gasteiger partial charge in [-0.05, 0) is 42.0 Å². The third-order valence-corrected chi connectivity index (χ3v) is 7.44. The van der Waals surface area contributed by atoms with Gasteiger partial charge in [0.1, 0.15) is 17.4 Å². The Kier molecular flexibility index (Phi) is 6.90. The maximum absolute atomic E-state index is 13.4. The van der Waals surface area contributed by atoms with E-state index >= 15 is 0 Å². The fourth-order valence-electron chi connectivity index (χ4n) is 5.29. The number of aryl methyl sites for hydroxylation is 1. The fraction of sp³-hybridized carbons (Fsp3) is 0.267. The van der Waals surface area contributed by atoms with Crippen LogP contribution in [-0.4, -0.2) is 63.3 Å². The van der Waals surface area contributed by atoms with Crippen LogP contribution in [0, 0.1) is 5.82 Å². The molecular formula is C30H29FN6O3. The molecule has 1 fully saturated rings. The van der Waals surface area contributed by atoms with Crippen molar-refractivity contribution in [2.24, 2.45) is 0 Å². The summed E-state index contributed by atoms with van der Waals surface area (Å²) in [5.41, 5.74) is 2.35. The minimum Gasteiger partial charge on any atom is -0.497 e. The number of hydrogen-bond acceptors (Lipinski definition) is 6. The minimum absolute atomic E-state index is 0.0611. The largest absolute Gasteiger partial charge is 0.497 e. The maximum atomic E-state index is 13.4. The average Bonchev–Trinajstić information content (AvgIpc) is 3.43. The van der Waals surface area contributed by atoms with Gasteiger partial charge in [0.15, 0.2) is 0 Å². The summed E-state index contributed by atoms with van der Waals surface area (Å²) in [6, 6.07) is 21.3. The number of carbonyl (C=O) groups excluding carboxylic acids is 1. The number of fused-ring (bicyclic) bond motifs is 3. The van der Waals surface area contributed by atoms with Crippen LogP contribution >= 0.6 is 0 Å². The number of nitrogens with zero attached hydrogens (tertiary/aromatic N) is 6. The molecule has 10 heteroatoms. The summed E-state index contributed by atoms with van der Waals surface area (Å²) in [4.78, 5) is 30.7. The molecule has 0 bridgehead atoms. The first-order valence-electron chi connectivity index (χ1n) is 13.3. The van der Waals surface area contributed by atoms with Crippen molar-refractivity contribution >= 4 is 28.3 Å². The topological polar surface area (TPSA) is 85.0 Å². The number of benzene rings is 3. The van der Waals surface area contributed by atoms with Gasteiger partial charge in [0.05, 0.1) is 24.6 Å². The molecule has 0 saturated carbocycles. The van der Waals surface area contributed by atoms with E-state index < -0.39 is 0 Å². The molecule has 1 aliphatic rings. The van der Waals surface area contributed by atoms with Gasteiger partial charge in [-0.1, -0.05) is 30.3 Å². The van der Waals surface area contributed by atoms with Gasteiger partial charge in [-0.3, -0.25) is 18.6 Å². The Morgan fingerprint density at radius 3 is 2.50 bits per heavy atom. The first kappa shape index (κ1) is 25.5. The van der Waals surface area contributed by atoms with E-state index in [1.165, 1.54) is 12.1 Å². The van der Waals surface area contributed by atoms with Crippen LogP contribution in [0.15, 0.2) is 77.6 Å². The molecule has 0 N–H and O–H groups in total. The summed E-state index contributed by atoms with van der Waals surface area (Å²) in [7, 11) is 1.65. The minimum atomic E-state index is -0.337. The van der Waals surface area contributed by atoms with Gasteiger partial charge in [-0.15, -0.1) is 10.2 Å². The number of anilines is 1. The monoisotopic (exact) mass is 540 g/mol. The lowest BCUT2D eigenvalue weighted by Gasteiger charge is -2.36. The predicted octanol–water partition coefficient (Wildman–Crippen LogP) is 3.52. The first-order valence-corrected chi connectivity index (χ1v) is 13.3. The Morgan fingerprint density at radius 2 is 1.73 bits per heavy atom. The summed E-state index contributed by atoms with van der Waals surface area (Å²) < 4.78 is 22.2. The first-order chi connectivity index (χ1) is 19.5. The summed E-state index contributed by atoms with van der Waals surface area (Å²) in [6.07, 6.45) is 0.667. The van der Waals surface area contributed by atoms with Gasteiger partial charge in [0, 0.05) is 50.8 Å². The Bertz CT molecular complexity index is 1740. The molecule has 3 heterocycles. The lowest BCUT2D eigenvalue weighted by Crippen LogP contribution is -2.48. The smallest absolute Gasteiger partial charge is 0.263 e. The normalized spacial score (nSPS) is 13.8. The van der Waals surface area contributed by atoms with Gasteiger partial charge in [0.2, 0.25) is 11.7 Å². The summed E-state index contributed by atoms with van der Waals surface area (Å²) in [6.45, 7) is 2.98. The van der Waals surface area contributed by atoms with Crippen molar-refractivity contribution in [2.75, 3.05) is 38.2 Å². The van der Waals surface area contributed by atoms with Gasteiger partial charge >= 0.3 is 0 Å². The predicted molar refractivity (Wildman–Crippen MR) is 150 cm³/mol. The van der Waals surface area contributed by atoms with Crippen LogP contribution < -0.4 is 15.2 Å². The highest BCUT2D eigenvalue weighted by Gasteiger charge is 2.23. The molecule has 0 aliphatic carbocycles. The Balaban J connectivity index is 1.21. The zero-order valence-electron chi connectivity index (χ0n) is 22.2. The molecular weight excluding hydrogens is 511 g/mol. The van der Waals surface area contributed by atoms with Crippen molar-refractivity contribution < 1.29 is 13.9 Å². The van der Waals surface area contributed by atoms with Crippen LogP contribution in [0.5, 0.6) is 5.75 Å². The van der Waals surface area contributed by atoms with E-state index in [2.05, 4.69) is 21.2 Å². The Hall–Kier alpha value is -4.73. The van der Waals surface area contributed by atoms with E-state index in [0.717, 1.165) is 30.1 Å². The molecule has 1 aliphatic heterocycles. The molecule has 40 heavy (non-hydrogen) atoms. The lowest BCUT2D eigenvalue weighted by molar-refractivity contribution is -0.131. The van der Waals surface area contributed by atoms with Crippen LogP contribution in [0.2, 0.25) is 0 Å². The third-order valence-electron chi connectivity index (χ3n) is 7.44. The lowest BCUT2D eigenvalue weighted by atomic mass is 10.2. The van der Waals surface area contributed by atoms with Crippen molar-refractivity contribution in [3.8, 4) is 5.75 Å². The van der Waals surface area contributed by atoms with Crippen molar-refractivity contribution in [3.05, 3.63) is 100 Å². The zero-order chi connectivity index (χ0) is 27.6. The molecule has 3 aromatic carbocycles. The SMILES string of the molecule is COc1cccc(N2CCN(C(=O)CCc3nnc4n(Cc5ccc(F)cc5)c(=O)c5ccccc5n34)CC2)c1. The molecule has 0 radical (unpaired) electrons. The second-order valence-electron chi connectivity index (χ2n) is 9.86. The molecule has 6 rings (SSSR count). The molecule has 0 spiro atoms. The van der Waals surface area contributed by atoms with Gasteiger partial charge in [0.25, 0.3) is 5.56 Å². The number of rotatable bonds is 7. The van der Waals surface area contributed by atoms with Crippen LogP contribution in [0.3, 0.4) is 0 Å². The van der Waals surface area contributed by atoms with Crippen LogP contribution in [0.4, 0.5) is 10.1 Å². The van der Waals surface area contributed by atoms with Crippen molar-refractivity contribution in [1.82, 2.24) is 24.1 Å². The van der Waals surface area contributed by atoms with E-state index in [4.69, 9.17) is 4.74 Å². The van der Waals surface area contributed by atoms with Gasteiger partial charge in [-0.2, -0.15) is 0 Å². The van der Waals surface area contributed by atoms with Crippen LogP contribution in [-0.2, 0) is 17.8 Å².